The van der Waals surface area contributed by atoms with Gasteiger partial charge in [0.1, 0.15) is 0 Å². The Balaban J connectivity index is 2.47. The van der Waals surface area contributed by atoms with Crippen molar-refractivity contribution in [3.05, 3.63) is 42.0 Å². The molecule has 116 valence electrons. The van der Waals surface area contributed by atoms with Crippen molar-refractivity contribution in [1.29, 1.82) is 0 Å². The Labute approximate surface area is 125 Å². The number of nitrogens with one attached hydrogen (secondary N) is 2. The van der Waals surface area contributed by atoms with E-state index < -0.39 is 12.1 Å². The summed E-state index contributed by atoms with van der Waals surface area (Å²) >= 11 is 0. The van der Waals surface area contributed by atoms with Gasteiger partial charge in [0.15, 0.2) is 0 Å². The molecule has 0 aromatic heterocycles. The van der Waals surface area contributed by atoms with Gasteiger partial charge in [-0.3, -0.25) is 0 Å². The number of rotatable bonds is 8. The molecule has 21 heavy (non-hydrogen) atoms. The summed E-state index contributed by atoms with van der Waals surface area (Å²) in [4.78, 5) is 11.6. The van der Waals surface area contributed by atoms with E-state index in [2.05, 4.69) is 10.6 Å². The Hall–Kier alpha value is -1.85. The molecule has 0 fully saturated rings. The molecule has 1 aromatic rings. The fraction of sp³-hybridized carbons (Fsp3) is 0.438. The van der Waals surface area contributed by atoms with E-state index in [0.29, 0.717) is 6.54 Å². The summed E-state index contributed by atoms with van der Waals surface area (Å²) in [5.41, 5.74) is 0.945. The molecule has 0 spiro atoms. The van der Waals surface area contributed by atoms with Crippen LogP contribution < -0.4 is 10.6 Å². The maximum atomic E-state index is 11.6. The van der Waals surface area contributed by atoms with Crippen LogP contribution >= 0.6 is 0 Å². The first-order valence-corrected chi connectivity index (χ1v) is 7.24. The Kier molecular flexibility index (Phi) is 8.16. The van der Waals surface area contributed by atoms with Gasteiger partial charge in [0.2, 0.25) is 0 Å². The van der Waals surface area contributed by atoms with Crippen molar-refractivity contribution < 1.29 is 15.0 Å². The van der Waals surface area contributed by atoms with E-state index in [0.717, 1.165) is 18.4 Å². The van der Waals surface area contributed by atoms with Gasteiger partial charge in [-0.15, -0.1) is 0 Å². The lowest BCUT2D eigenvalue weighted by Gasteiger charge is -2.20. The fourth-order valence-corrected chi connectivity index (χ4v) is 1.75. The molecular formula is C16H24N2O3. The molecule has 2 unspecified atom stereocenters. The quantitative estimate of drug-likeness (QED) is 0.548. The van der Waals surface area contributed by atoms with Crippen LogP contribution in [-0.2, 0) is 0 Å². The molecule has 1 rings (SSSR count). The second-order valence-electron chi connectivity index (χ2n) is 4.80. The molecule has 4 N–H and O–H groups in total. The summed E-state index contributed by atoms with van der Waals surface area (Å²) in [7, 11) is 0. The number of benzene rings is 1. The van der Waals surface area contributed by atoms with Crippen LogP contribution in [0.4, 0.5) is 4.79 Å². The lowest BCUT2D eigenvalue weighted by atomic mass is 10.1. The lowest BCUT2D eigenvalue weighted by Crippen LogP contribution is -2.49. The fourth-order valence-electron chi connectivity index (χ4n) is 1.75. The predicted octanol–water partition coefficient (Wildman–Crippen LogP) is 1.52. The molecule has 2 atom stereocenters. The van der Waals surface area contributed by atoms with Crippen molar-refractivity contribution in [3.63, 3.8) is 0 Å². The number of carbonyl (C=O) groups is 1. The van der Waals surface area contributed by atoms with Crippen LogP contribution in [0, 0.1) is 0 Å². The molecule has 1 aromatic carbocycles. The Morgan fingerprint density at radius 3 is 2.67 bits per heavy atom. The average Bonchev–Trinajstić information content (AvgIpc) is 2.51. The smallest absolute Gasteiger partial charge is 0.315 e. The molecular weight excluding hydrogens is 268 g/mol. The highest BCUT2D eigenvalue weighted by Gasteiger charge is 2.17. The van der Waals surface area contributed by atoms with Crippen molar-refractivity contribution in [2.75, 3.05) is 13.2 Å². The SMILES string of the molecule is CCCCNC(=O)NC(CO)C(O)C=Cc1ccccc1. The van der Waals surface area contributed by atoms with Crippen LogP contribution in [0.2, 0.25) is 0 Å². The zero-order chi connectivity index (χ0) is 15.5. The standard InChI is InChI=1S/C16H24N2O3/c1-2-3-11-17-16(21)18-14(12-19)15(20)10-9-13-7-5-4-6-8-13/h4-10,14-15,19-20H,2-3,11-12H2,1H3,(H2,17,18,21). The van der Waals surface area contributed by atoms with Crippen LogP contribution in [0.15, 0.2) is 36.4 Å². The van der Waals surface area contributed by atoms with E-state index in [1.54, 1.807) is 12.2 Å². The average molecular weight is 292 g/mol. The van der Waals surface area contributed by atoms with E-state index in [4.69, 9.17) is 0 Å². The first-order valence-electron chi connectivity index (χ1n) is 7.24. The monoisotopic (exact) mass is 292 g/mol. The number of aliphatic hydroxyl groups is 2. The molecule has 5 nitrogen and oxygen atoms in total. The zero-order valence-electron chi connectivity index (χ0n) is 12.3. The molecule has 0 radical (unpaired) electrons. The van der Waals surface area contributed by atoms with Gasteiger partial charge < -0.3 is 20.8 Å². The van der Waals surface area contributed by atoms with E-state index in [1.165, 1.54) is 0 Å². The predicted molar refractivity (Wildman–Crippen MR) is 83.8 cm³/mol. The number of aliphatic hydroxyl groups excluding tert-OH is 2. The Bertz CT molecular complexity index is 434. The van der Waals surface area contributed by atoms with Gasteiger partial charge in [-0.1, -0.05) is 55.8 Å². The molecule has 0 aliphatic rings. The molecule has 0 saturated heterocycles. The van der Waals surface area contributed by atoms with Gasteiger partial charge in [-0.25, -0.2) is 4.79 Å². The van der Waals surface area contributed by atoms with Crippen LogP contribution in [0.1, 0.15) is 25.3 Å². The first kappa shape index (κ1) is 17.2. The zero-order valence-corrected chi connectivity index (χ0v) is 12.3. The van der Waals surface area contributed by atoms with Gasteiger partial charge in [-0.2, -0.15) is 0 Å². The third-order valence-corrected chi connectivity index (χ3v) is 3.03. The van der Waals surface area contributed by atoms with Crippen molar-refractivity contribution in [2.45, 2.75) is 31.9 Å². The molecule has 0 heterocycles. The molecule has 5 heteroatoms. The summed E-state index contributed by atoms with van der Waals surface area (Å²) in [6.07, 6.45) is 4.25. The van der Waals surface area contributed by atoms with Crippen LogP contribution in [0.5, 0.6) is 0 Å². The second kappa shape index (κ2) is 9.96. The molecule has 0 bridgehead atoms. The van der Waals surface area contributed by atoms with Crippen molar-refractivity contribution in [2.24, 2.45) is 0 Å². The molecule has 2 amide bonds. The Morgan fingerprint density at radius 1 is 1.33 bits per heavy atom. The summed E-state index contributed by atoms with van der Waals surface area (Å²) in [6, 6.07) is 8.40. The first-order chi connectivity index (χ1) is 10.2. The van der Waals surface area contributed by atoms with Gasteiger partial charge in [0, 0.05) is 6.54 Å². The van der Waals surface area contributed by atoms with Gasteiger partial charge >= 0.3 is 6.03 Å². The number of hydrogen-bond acceptors (Lipinski definition) is 3. The topological polar surface area (TPSA) is 81.6 Å². The minimum atomic E-state index is -0.952. The van der Waals surface area contributed by atoms with E-state index >= 15 is 0 Å². The number of hydrogen-bond donors (Lipinski definition) is 4. The van der Waals surface area contributed by atoms with E-state index in [-0.39, 0.29) is 12.6 Å². The highest BCUT2D eigenvalue weighted by molar-refractivity contribution is 5.74. The highest BCUT2D eigenvalue weighted by Crippen LogP contribution is 2.04. The van der Waals surface area contributed by atoms with Gasteiger partial charge in [0.05, 0.1) is 18.8 Å². The molecule has 0 aliphatic heterocycles. The van der Waals surface area contributed by atoms with Crippen molar-refractivity contribution in [3.8, 4) is 0 Å². The van der Waals surface area contributed by atoms with Crippen LogP contribution in [0.3, 0.4) is 0 Å². The number of unbranched alkanes of at least 4 members (excludes halogenated alkanes) is 1. The Morgan fingerprint density at radius 2 is 2.05 bits per heavy atom. The van der Waals surface area contributed by atoms with Gasteiger partial charge in [0.25, 0.3) is 0 Å². The normalized spacial score (nSPS) is 13.9. The third kappa shape index (κ3) is 6.92. The van der Waals surface area contributed by atoms with E-state index in [9.17, 15) is 15.0 Å². The summed E-state index contributed by atoms with van der Waals surface area (Å²) in [6.45, 7) is 2.28. The highest BCUT2D eigenvalue weighted by atomic mass is 16.3. The summed E-state index contributed by atoms with van der Waals surface area (Å²) in [5, 5.41) is 24.5. The van der Waals surface area contributed by atoms with Crippen molar-refractivity contribution in [1.82, 2.24) is 10.6 Å². The number of carbonyl (C=O) groups excluding carboxylic acids is 1. The van der Waals surface area contributed by atoms with Gasteiger partial charge in [-0.05, 0) is 12.0 Å². The number of urea groups is 1. The lowest BCUT2D eigenvalue weighted by molar-refractivity contribution is 0.126. The minimum Gasteiger partial charge on any atom is -0.394 e. The molecule has 0 saturated carbocycles. The largest absolute Gasteiger partial charge is 0.394 e. The second-order valence-corrected chi connectivity index (χ2v) is 4.80. The maximum absolute atomic E-state index is 11.6. The number of amides is 2. The van der Waals surface area contributed by atoms with Crippen LogP contribution in [-0.4, -0.2) is 41.5 Å². The van der Waals surface area contributed by atoms with Crippen molar-refractivity contribution >= 4 is 12.1 Å². The third-order valence-electron chi connectivity index (χ3n) is 3.03. The summed E-state index contributed by atoms with van der Waals surface area (Å²) < 4.78 is 0. The molecule has 0 aliphatic carbocycles. The van der Waals surface area contributed by atoms with E-state index in [1.807, 2.05) is 37.3 Å². The maximum Gasteiger partial charge on any atom is 0.315 e. The minimum absolute atomic E-state index is 0.332. The summed E-state index contributed by atoms with van der Waals surface area (Å²) in [5.74, 6) is 0. The van der Waals surface area contributed by atoms with Crippen LogP contribution in [0.25, 0.3) is 6.08 Å².